The zero-order valence-electron chi connectivity index (χ0n) is 12.6. The Morgan fingerprint density at radius 3 is 2.40 bits per heavy atom. The van der Waals surface area contributed by atoms with Crippen molar-refractivity contribution in [2.45, 2.75) is 33.1 Å². The van der Waals surface area contributed by atoms with Crippen LogP contribution < -0.4 is 11.1 Å². The van der Waals surface area contributed by atoms with Crippen molar-refractivity contribution in [1.29, 1.82) is 0 Å². The number of aryl methyl sites for hydroxylation is 2. The fraction of sp³-hybridized carbons (Fsp3) is 0.333. The van der Waals surface area contributed by atoms with Gasteiger partial charge in [-0.3, -0.25) is 0 Å². The summed E-state index contributed by atoms with van der Waals surface area (Å²) in [6.45, 7) is 7.41. The van der Waals surface area contributed by atoms with Gasteiger partial charge in [-0.25, -0.2) is 0 Å². The van der Waals surface area contributed by atoms with Crippen LogP contribution in [-0.4, -0.2) is 6.54 Å². The molecular weight excluding hydrogens is 244 g/mol. The van der Waals surface area contributed by atoms with Crippen LogP contribution in [0.1, 0.15) is 36.0 Å². The first-order valence-corrected chi connectivity index (χ1v) is 7.23. The topological polar surface area (TPSA) is 38.0 Å². The number of hydrogen-bond donors (Lipinski definition) is 2. The lowest BCUT2D eigenvalue weighted by Crippen LogP contribution is -2.08. The van der Waals surface area contributed by atoms with E-state index in [0.29, 0.717) is 5.92 Å². The summed E-state index contributed by atoms with van der Waals surface area (Å²) in [4.78, 5) is 0. The Kier molecular flexibility index (Phi) is 4.67. The van der Waals surface area contributed by atoms with E-state index in [-0.39, 0.29) is 0 Å². The van der Waals surface area contributed by atoms with Crippen molar-refractivity contribution in [3.63, 3.8) is 0 Å². The van der Waals surface area contributed by atoms with Gasteiger partial charge in [-0.2, -0.15) is 0 Å². The van der Waals surface area contributed by atoms with Gasteiger partial charge in [-0.05, 0) is 55.0 Å². The van der Waals surface area contributed by atoms with Crippen LogP contribution in [0, 0.1) is 13.8 Å². The second kappa shape index (κ2) is 6.47. The van der Waals surface area contributed by atoms with E-state index in [4.69, 9.17) is 5.73 Å². The number of anilines is 2. The summed E-state index contributed by atoms with van der Waals surface area (Å²) < 4.78 is 0. The Hall–Kier alpha value is -1.96. The van der Waals surface area contributed by atoms with E-state index in [9.17, 15) is 0 Å². The molecular formula is C18H24N2. The second-order valence-electron chi connectivity index (χ2n) is 5.55. The molecule has 0 heterocycles. The standard InChI is InChI=1S/C18H24N2/c1-13(16-7-5-4-6-8-16)9-10-20-18-12-15(3)14(2)11-17(18)19/h4-8,11-13,20H,9-10,19H2,1-3H3. The van der Waals surface area contributed by atoms with Gasteiger partial charge in [-0.1, -0.05) is 37.3 Å². The number of benzene rings is 2. The molecule has 0 fully saturated rings. The molecule has 2 rings (SSSR count). The van der Waals surface area contributed by atoms with Crippen LogP contribution in [0.3, 0.4) is 0 Å². The molecule has 2 heteroatoms. The largest absolute Gasteiger partial charge is 0.397 e. The average Bonchev–Trinajstić information content (AvgIpc) is 2.45. The maximum Gasteiger partial charge on any atom is 0.0576 e. The maximum atomic E-state index is 6.06. The summed E-state index contributed by atoms with van der Waals surface area (Å²) in [6, 6.07) is 14.8. The number of nitrogens with one attached hydrogen (secondary N) is 1. The van der Waals surface area contributed by atoms with Gasteiger partial charge in [-0.15, -0.1) is 0 Å². The summed E-state index contributed by atoms with van der Waals surface area (Å²) in [7, 11) is 0. The van der Waals surface area contributed by atoms with Gasteiger partial charge in [0, 0.05) is 6.54 Å². The number of rotatable bonds is 5. The number of hydrogen-bond acceptors (Lipinski definition) is 2. The molecule has 0 aromatic heterocycles. The molecule has 2 nitrogen and oxygen atoms in total. The predicted molar refractivity (Wildman–Crippen MR) is 88.3 cm³/mol. The van der Waals surface area contributed by atoms with Crippen LogP contribution >= 0.6 is 0 Å². The molecule has 0 bridgehead atoms. The van der Waals surface area contributed by atoms with Gasteiger partial charge in [0.05, 0.1) is 11.4 Å². The zero-order valence-corrected chi connectivity index (χ0v) is 12.6. The Labute approximate surface area is 122 Å². The maximum absolute atomic E-state index is 6.06. The minimum absolute atomic E-state index is 0.552. The van der Waals surface area contributed by atoms with E-state index in [0.717, 1.165) is 24.3 Å². The van der Waals surface area contributed by atoms with Crippen molar-refractivity contribution < 1.29 is 0 Å². The minimum atomic E-state index is 0.552. The summed E-state index contributed by atoms with van der Waals surface area (Å²) >= 11 is 0. The third-order valence-electron chi connectivity index (χ3n) is 3.93. The highest BCUT2D eigenvalue weighted by atomic mass is 14.9. The first-order chi connectivity index (χ1) is 9.58. The van der Waals surface area contributed by atoms with Crippen molar-refractivity contribution in [3.8, 4) is 0 Å². The number of nitrogen functional groups attached to an aromatic ring is 1. The molecule has 0 amide bonds. The van der Waals surface area contributed by atoms with Gasteiger partial charge >= 0.3 is 0 Å². The summed E-state index contributed by atoms with van der Waals surface area (Å²) in [6.07, 6.45) is 1.09. The van der Waals surface area contributed by atoms with E-state index in [1.807, 2.05) is 6.07 Å². The Morgan fingerprint density at radius 2 is 1.70 bits per heavy atom. The molecule has 0 aliphatic heterocycles. The molecule has 2 aromatic rings. The van der Waals surface area contributed by atoms with Gasteiger partial charge in [0.15, 0.2) is 0 Å². The first-order valence-electron chi connectivity index (χ1n) is 7.23. The highest BCUT2D eigenvalue weighted by Crippen LogP contribution is 2.24. The van der Waals surface area contributed by atoms with Crippen molar-refractivity contribution >= 4 is 11.4 Å². The smallest absolute Gasteiger partial charge is 0.0576 e. The lowest BCUT2D eigenvalue weighted by Gasteiger charge is -2.15. The Balaban J connectivity index is 1.92. The van der Waals surface area contributed by atoms with Crippen LogP contribution in [0.2, 0.25) is 0 Å². The van der Waals surface area contributed by atoms with E-state index in [1.54, 1.807) is 0 Å². The molecule has 0 spiro atoms. The lowest BCUT2D eigenvalue weighted by molar-refractivity contribution is 0.706. The van der Waals surface area contributed by atoms with Crippen LogP contribution in [0.5, 0.6) is 0 Å². The van der Waals surface area contributed by atoms with Gasteiger partial charge < -0.3 is 11.1 Å². The second-order valence-corrected chi connectivity index (χ2v) is 5.55. The average molecular weight is 268 g/mol. The lowest BCUT2D eigenvalue weighted by atomic mass is 9.98. The third kappa shape index (κ3) is 3.53. The SMILES string of the molecule is Cc1cc(N)c(NCCC(C)c2ccccc2)cc1C. The minimum Gasteiger partial charge on any atom is -0.397 e. The quantitative estimate of drug-likeness (QED) is 0.784. The first kappa shape index (κ1) is 14.4. The van der Waals surface area contributed by atoms with E-state index in [1.165, 1.54) is 16.7 Å². The van der Waals surface area contributed by atoms with Gasteiger partial charge in [0.1, 0.15) is 0 Å². The number of nitrogens with two attached hydrogens (primary N) is 1. The fourth-order valence-corrected chi connectivity index (χ4v) is 2.36. The molecule has 106 valence electrons. The molecule has 0 aliphatic rings. The summed E-state index contributed by atoms with van der Waals surface area (Å²) in [5.74, 6) is 0.552. The molecule has 0 radical (unpaired) electrons. The van der Waals surface area contributed by atoms with Crippen molar-refractivity contribution in [2.24, 2.45) is 0 Å². The molecule has 0 saturated heterocycles. The molecule has 20 heavy (non-hydrogen) atoms. The zero-order chi connectivity index (χ0) is 14.5. The molecule has 1 unspecified atom stereocenters. The highest BCUT2D eigenvalue weighted by Gasteiger charge is 2.06. The van der Waals surface area contributed by atoms with Crippen LogP contribution in [-0.2, 0) is 0 Å². The van der Waals surface area contributed by atoms with E-state index >= 15 is 0 Å². The Bertz CT molecular complexity index is 561. The Morgan fingerprint density at radius 1 is 1.05 bits per heavy atom. The van der Waals surface area contributed by atoms with Crippen molar-refractivity contribution in [3.05, 3.63) is 59.2 Å². The van der Waals surface area contributed by atoms with Crippen LogP contribution in [0.4, 0.5) is 11.4 Å². The molecule has 2 aromatic carbocycles. The van der Waals surface area contributed by atoms with E-state index in [2.05, 4.69) is 62.5 Å². The normalized spacial score (nSPS) is 12.2. The highest BCUT2D eigenvalue weighted by molar-refractivity contribution is 5.68. The van der Waals surface area contributed by atoms with Crippen molar-refractivity contribution in [1.82, 2.24) is 0 Å². The fourth-order valence-electron chi connectivity index (χ4n) is 2.36. The van der Waals surface area contributed by atoms with E-state index < -0.39 is 0 Å². The van der Waals surface area contributed by atoms with Crippen LogP contribution in [0.25, 0.3) is 0 Å². The monoisotopic (exact) mass is 268 g/mol. The van der Waals surface area contributed by atoms with Gasteiger partial charge in [0.2, 0.25) is 0 Å². The molecule has 0 saturated carbocycles. The molecule has 0 aliphatic carbocycles. The molecule has 1 atom stereocenters. The summed E-state index contributed by atoms with van der Waals surface area (Å²) in [5, 5.41) is 3.46. The van der Waals surface area contributed by atoms with Gasteiger partial charge in [0.25, 0.3) is 0 Å². The summed E-state index contributed by atoms with van der Waals surface area (Å²) in [5.41, 5.74) is 11.8. The van der Waals surface area contributed by atoms with Crippen molar-refractivity contribution in [2.75, 3.05) is 17.6 Å². The molecule has 3 N–H and O–H groups in total. The van der Waals surface area contributed by atoms with Crippen LogP contribution in [0.15, 0.2) is 42.5 Å². The predicted octanol–water partition coefficient (Wildman–Crippen LogP) is 4.49. The third-order valence-corrected chi connectivity index (χ3v) is 3.93.